The van der Waals surface area contributed by atoms with E-state index in [0.29, 0.717) is 18.1 Å². The molecule has 19 heteroatoms. The normalized spacial score (nSPS) is 12.2. The van der Waals surface area contributed by atoms with Crippen LogP contribution in [0, 0.1) is 87.3 Å². The molecular formula is C36H23BF15N2O-. The summed E-state index contributed by atoms with van der Waals surface area (Å²) >= 11 is 0. The van der Waals surface area contributed by atoms with Gasteiger partial charge in [-0.05, 0) is 36.8 Å². The molecule has 292 valence electrons. The number of hydrogen-bond acceptors (Lipinski definition) is 3. The number of benzene rings is 4. The minimum absolute atomic E-state index is 0.168. The number of carbonyl (C=O) groups excluding carboxylic acids is 1. The van der Waals surface area contributed by atoms with Crippen molar-refractivity contribution in [3.8, 4) is 0 Å². The Bertz CT molecular complexity index is 2100. The molecule has 0 saturated heterocycles. The number of aliphatic imine (C=N–C) groups is 1. The lowest BCUT2D eigenvalue weighted by Crippen LogP contribution is -2.72. The van der Waals surface area contributed by atoms with Gasteiger partial charge in [-0.3, -0.25) is 9.79 Å². The second-order valence-electron chi connectivity index (χ2n) is 12.7. The zero-order valence-corrected chi connectivity index (χ0v) is 28.9. The maximum absolute atomic E-state index is 15.8. The van der Waals surface area contributed by atoms with Crippen LogP contribution in [0.2, 0.25) is 0 Å². The van der Waals surface area contributed by atoms with Crippen molar-refractivity contribution < 1.29 is 70.7 Å². The van der Waals surface area contributed by atoms with Crippen LogP contribution in [0.15, 0.2) is 33.7 Å². The first-order chi connectivity index (χ1) is 25.5. The van der Waals surface area contributed by atoms with Crippen LogP contribution in [-0.4, -0.2) is 23.6 Å². The van der Waals surface area contributed by atoms with E-state index in [4.69, 9.17) is 0 Å². The van der Waals surface area contributed by atoms with E-state index in [1.54, 1.807) is 51.8 Å². The molecule has 0 atom stereocenters. The highest BCUT2D eigenvalue weighted by Crippen LogP contribution is 2.35. The van der Waals surface area contributed by atoms with Gasteiger partial charge < -0.3 is 4.90 Å². The minimum Gasteiger partial charge on any atom is -0.441 e. The van der Waals surface area contributed by atoms with Crippen molar-refractivity contribution in [1.82, 2.24) is 0 Å². The average molecular weight is 795 g/mol. The van der Waals surface area contributed by atoms with E-state index in [2.05, 4.69) is 9.90 Å². The summed E-state index contributed by atoms with van der Waals surface area (Å²) in [5.74, 6) is -48.0. The van der Waals surface area contributed by atoms with Gasteiger partial charge in [0, 0.05) is 0 Å². The molecule has 0 bridgehead atoms. The van der Waals surface area contributed by atoms with E-state index in [1.807, 2.05) is 0 Å². The molecule has 0 saturated carbocycles. The van der Waals surface area contributed by atoms with Crippen molar-refractivity contribution >= 4 is 45.7 Å². The van der Waals surface area contributed by atoms with Crippen LogP contribution in [-0.2, 0) is 4.79 Å². The summed E-state index contributed by atoms with van der Waals surface area (Å²) in [5, 5.41) is 0. The number of allylic oxidation sites excluding steroid dienone is 1. The Morgan fingerprint density at radius 3 is 1.04 bits per heavy atom. The summed E-state index contributed by atoms with van der Waals surface area (Å²) in [6, 6.07) is 4.87. The maximum atomic E-state index is 15.8. The van der Waals surface area contributed by atoms with Crippen molar-refractivity contribution in [2.75, 3.05) is 0 Å². The largest absolute Gasteiger partial charge is 0.441 e. The summed E-state index contributed by atoms with van der Waals surface area (Å²) < 4.78 is 227. The van der Waals surface area contributed by atoms with Crippen LogP contribution in [0.5, 0.6) is 0 Å². The SMILES string of the molecule is CC(=O)C(=C=N[B-](c1c(F)c(F)c(F)c(F)c1F)(c1c(F)c(F)c(F)c(F)c1F)c1c(F)c(F)c(F)c(F)c1F)C(C)=Nc1c(C(C)C)cccc1C(C)C. The van der Waals surface area contributed by atoms with E-state index in [9.17, 15) is 44.3 Å². The molecule has 4 aromatic rings. The van der Waals surface area contributed by atoms with Crippen LogP contribution in [0.3, 0.4) is 0 Å². The fourth-order valence-electron chi connectivity index (χ4n) is 6.03. The molecule has 0 fully saturated rings. The van der Waals surface area contributed by atoms with Gasteiger partial charge >= 0.3 is 0 Å². The smallest absolute Gasteiger partial charge is 0.214 e. The summed E-state index contributed by atoms with van der Waals surface area (Å²) in [5.41, 5.74) is -9.32. The summed E-state index contributed by atoms with van der Waals surface area (Å²) in [7, 11) is 0. The van der Waals surface area contributed by atoms with Gasteiger partial charge in [0.15, 0.2) is 58.1 Å². The van der Waals surface area contributed by atoms with E-state index < -0.39 is 127 Å². The Balaban J connectivity index is 2.48. The molecule has 4 rings (SSSR count). The van der Waals surface area contributed by atoms with Crippen molar-refractivity contribution in [2.45, 2.75) is 53.4 Å². The van der Waals surface area contributed by atoms with Gasteiger partial charge in [-0.25, -0.2) is 65.9 Å². The number of hydrogen-bond donors (Lipinski definition) is 0. The van der Waals surface area contributed by atoms with Crippen LogP contribution in [0.25, 0.3) is 0 Å². The highest BCUT2D eigenvalue weighted by atomic mass is 19.2. The van der Waals surface area contributed by atoms with E-state index in [1.165, 1.54) is 0 Å². The van der Waals surface area contributed by atoms with Gasteiger partial charge in [0.2, 0.25) is 6.28 Å². The lowest BCUT2D eigenvalue weighted by atomic mass is 9.24. The zero-order chi connectivity index (χ0) is 41.8. The lowest BCUT2D eigenvalue weighted by Gasteiger charge is -2.40. The number of rotatable bonds is 9. The standard InChI is InChI=1S/C36H23BF15N2O/c1-11(2)15-8-7-9-16(12(3)4)36(15)54-13(5)17(14(6)55)10-53-37(18-21(38)27(44)33(50)28(45)22(18)39,19-23(40)29(46)34(51)30(47)24(19)41)20-25(42)31(48)35(52)32(49)26(20)43/h7-9,11-12H,1-6H3/q-1. The molecule has 0 spiro atoms. The molecule has 3 nitrogen and oxygen atoms in total. The molecule has 0 N–H and O–H groups in total. The quantitative estimate of drug-likeness (QED) is 0.0417. The summed E-state index contributed by atoms with van der Waals surface area (Å²) in [6.07, 6.45) is -6.32. The van der Waals surface area contributed by atoms with Crippen LogP contribution in [0.4, 0.5) is 71.5 Å². The molecule has 0 radical (unpaired) electrons. The third kappa shape index (κ3) is 6.83. The maximum Gasteiger partial charge on any atom is 0.214 e. The van der Waals surface area contributed by atoms with Gasteiger partial charge in [-0.2, -0.15) is 0 Å². The lowest BCUT2D eigenvalue weighted by molar-refractivity contribution is -0.113. The van der Waals surface area contributed by atoms with Crippen molar-refractivity contribution in [3.63, 3.8) is 0 Å². The molecule has 0 aliphatic heterocycles. The molecular weight excluding hydrogens is 772 g/mol. The Labute approximate surface area is 301 Å². The number of para-hydroxylation sites is 1. The third-order valence-corrected chi connectivity index (χ3v) is 8.69. The fraction of sp³-hybridized carbons (Fsp3) is 0.222. The average Bonchev–Trinajstić information content (AvgIpc) is 3.12. The predicted octanol–water partition coefficient (Wildman–Crippen LogP) is 8.96. The number of carbonyl (C=O) groups is 1. The molecule has 0 amide bonds. The topological polar surface area (TPSA) is 41.8 Å². The van der Waals surface area contributed by atoms with Gasteiger partial charge in [-0.1, -0.05) is 68.2 Å². The highest BCUT2D eigenvalue weighted by molar-refractivity contribution is 7.11. The molecule has 0 heterocycles. The van der Waals surface area contributed by atoms with Gasteiger partial charge in [-0.15, -0.1) is 0 Å². The highest BCUT2D eigenvalue weighted by Gasteiger charge is 2.48. The first kappa shape index (κ1) is 42.4. The fourth-order valence-corrected chi connectivity index (χ4v) is 6.03. The molecule has 55 heavy (non-hydrogen) atoms. The number of ketones is 1. The number of Topliss-reactive ketones (excluding diaryl/α,β-unsaturated/α-hetero) is 1. The second kappa shape index (κ2) is 15.4. The number of nitrogens with zero attached hydrogens (tertiary/aromatic N) is 2. The van der Waals surface area contributed by atoms with E-state index in [-0.39, 0.29) is 17.5 Å². The van der Waals surface area contributed by atoms with Gasteiger partial charge in [0.1, 0.15) is 34.9 Å². The Hall–Kier alpha value is -5.32. The second-order valence-corrected chi connectivity index (χ2v) is 12.7. The van der Waals surface area contributed by atoms with Crippen molar-refractivity contribution in [3.05, 3.63) is 122 Å². The third-order valence-electron chi connectivity index (χ3n) is 8.69. The predicted molar refractivity (Wildman–Crippen MR) is 172 cm³/mol. The van der Waals surface area contributed by atoms with Crippen LogP contribution in [0.1, 0.15) is 64.5 Å². The molecule has 0 aliphatic carbocycles. The first-order valence-electron chi connectivity index (χ1n) is 15.7. The van der Waals surface area contributed by atoms with Gasteiger partial charge in [0.25, 0.3) is 0 Å². The monoisotopic (exact) mass is 795 g/mol. The van der Waals surface area contributed by atoms with E-state index >= 15 is 26.3 Å². The molecule has 4 aromatic carbocycles. The Morgan fingerprint density at radius 1 is 0.509 bits per heavy atom. The molecule has 0 aliphatic rings. The summed E-state index contributed by atoms with van der Waals surface area (Å²) in [4.78, 5) is 20.5. The first-order valence-corrected chi connectivity index (χ1v) is 15.7. The zero-order valence-electron chi connectivity index (χ0n) is 28.9. The Morgan fingerprint density at radius 2 is 0.782 bits per heavy atom. The Kier molecular flexibility index (Phi) is 11.9. The number of halogens is 15. The minimum atomic E-state index is -6.32. The molecule has 0 aromatic heterocycles. The van der Waals surface area contributed by atoms with Crippen molar-refractivity contribution in [2.24, 2.45) is 9.90 Å². The van der Waals surface area contributed by atoms with E-state index in [0.717, 1.165) is 6.92 Å². The van der Waals surface area contributed by atoms with Gasteiger partial charge in [0.05, 0.1) is 17.0 Å². The summed E-state index contributed by atoms with van der Waals surface area (Å²) in [6.45, 7) is 8.60. The molecule has 0 unspecified atom stereocenters. The van der Waals surface area contributed by atoms with Crippen LogP contribution < -0.4 is 16.4 Å². The van der Waals surface area contributed by atoms with Crippen molar-refractivity contribution in [1.29, 1.82) is 0 Å². The van der Waals surface area contributed by atoms with Crippen LogP contribution >= 0.6 is 0 Å².